The molecule has 1 amide bonds. The van der Waals surface area contributed by atoms with Crippen LogP contribution >= 0.6 is 0 Å². The molecular weight excluding hydrogens is 767 g/mol. The van der Waals surface area contributed by atoms with E-state index in [4.69, 9.17) is 4.74 Å². The Bertz CT molecular complexity index is 2740. The van der Waals surface area contributed by atoms with E-state index in [1.807, 2.05) is 4.72 Å². The van der Waals surface area contributed by atoms with Crippen LogP contribution in [0.4, 0.5) is 14.5 Å². The molecule has 1 fully saturated rings. The number of carboxylic acid groups (broad SMARTS) is 1. The highest BCUT2D eigenvalue weighted by atomic mass is 32.2. The number of hydrogen-bond acceptors (Lipinski definition) is 11. The van der Waals surface area contributed by atoms with Crippen molar-refractivity contribution >= 4 is 38.5 Å². The molecule has 0 radical (unpaired) electrons. The van der Waals surface area contributed by atoms with Gasteiger partial charge in [-0.3, -0.25) is 23.9 Å². The van der Waals surface area contributed by atoms with Crippen molar-refractivity contribution < 1.29 is 36.6 Å². The summed E-state index contributed by atoms with van der Waals surface area (Å²) in [6.45, 7) is 1.29. The van der Waals surface area contributed by atoms with Gasteiger partial charge in [0, 0.05) is 69.0 Å². The third-order valence-electron chi connectivity index (χ3n) is 9.46. The van der Waals surface area contributed by atoms with Gasteiger partial charge in [0.05, 0.1) is 33.2 Å². The van der Waals surface area contributed by atoms with Crippen LogP contribution in [0.1, 0.15) is 40.5 Å². The van der Waals surface area contributed by atoms with Gasteiger partial charge in [-0.2, -0.15) is 0 Å². The van der Waals surface area contributed by atoms with Crippen LogP contribution in [-0.2, 0) is 33.0 Å². The number of sulfonamides is 1. The molecule has 57 heavy (non-hydrogen) atoms. The number of anilines is 1. The molecule has 1 unspecified atom stereocenters. The third-order valence-corrected chi connectivity index (χ3v) is 10.8. The number of benzene rings is 2. The number of halogens is 2. The number of pyridine rings is 2. The summed E-state index contributed by atoms with van der Waals surface area (Å²) in [7, 11) is -2.97. The normalized spacial score (nSPS) is 13.9. The lowest BCUT2D eigenvalue weighted by Crippen LogP contribution is -2.42. The molecular formula is C38H32F2N8O8S. The van der Waals surface area contributed by atoms with Crippen molar-refractivity contribution in [1.82, 2.24) is 34.4 Å². The molecule has 0 bridgehead atoms. The molecule has 4 aromatic heterocycles. The maximum atomic E-state index is 15.2. The van der Waals surface area contributed by atoms with E-state index in [0.717, 1.165) is 17.4 Å². The molecule has 16 nitrogen and oxygen atoms in total. The minimum absolute atomic E-state index is 0.0498. The fourth-order valence-electron chi connectivity index (χ4n) is 6.32. The standard InChI is InChI=1S/C38H32F2N8O8S/c1-47-32-20-41-11-8-26(32)36(50)48(38(47)53)33-7-2-21(17-42-33)14-31(37(51)52)45-35(49)27-15-29(40)30(16-28(27)39)46-57(54,55)25-5-3-22(4-6-25)24-18-43-34(44-19-24)23-9-12-56-13-10-23/h2-8,11,15-20,23,31,46H,9-10,12-14H2,1H3,(H,45,49)(H,51,52). The Morgan fingerprint density at radius 2 is 1.65 bits per heavy atom. The van der Waals surface area contributed by atoms with Gasteiger partial charge < -0.3 is 15.2 Å². The van der Waals surface area contributed by atoms with Gasteiger partial charge >= 0.3 is 11.7 Å². The molecule has 0 saturated carbocycles. The van der Waals surface area contributed by atoms with E-state index >= 15 is 8.78 Å². The maximum absolute atomic E-state index is 15.2. The van der Waals surface area contributed by atoms with Gasteiger partial charge in [-0.1, -0.05) is 18.2 Å². The van der Waals surface area contributed by atoms with Crippen molar-refractivity contribution in [2.24, 2.45) is 7.05 Å². The summed E-state index contributed by atoms with van der Waals surface area (Å²) in [5.41, 5.74) is -1.18. The van der Waals surface area contributed by atoms with Crippen molar-refractivity contribution in [3.63, 3.8) is 0 Å². The van der Waals surface area contributed by atoms with E-state index in [1.54, 1.807) is 12.4 Å². The van der Waals surface area contributed by atoms with Gasteiger partial charge in [0.15, 0.2) is 0 Å². The number of hydrogen-bond donors (Lipinski definition) is 3. The lowest BCUT2D eigenvalue weighted by Gasteiger charge is -2.20. The highest BCUT2D eigenvalue weighted by molar-refractivity contribution is 7.92. The SMILES string of the molecule is Cn1c(=O)n(-c2ccc(CC(NC(=O)c3cc(F)c(NS(=O)(=O)c4ccc(-c5cnc(C6CCOCC6)nc5)cc4)cc3F)C(=O)O)cn2)c(=O)c2ccncc21. The molecule has 292 valence electrons. The summed E-state index contributed by atoms with van der Waals surface area (Å²) in [5, 5.41) is 12.2. The summed E-state index contributed by atoms with van der Waals surface area (Å²) >= 11 is 0. The smallest absolute Gasteiger partial charge is 0.337 e. The molecule has 1 atom stereocenters. The average Bonchev–Trinajstić information content (AvgIpc) is 3.22. The fraction of sp³-hybridized carbons (Fsp3) is 0.211. The van der Waals surface area contributed by atoms with Crippen LogP contribution in [0.3, 0.4) is 0 Å². The minimum atomic E-state index is -4.43. The number of carbonyl (C=O) groups is 2. The maximum Gasteiger partial charge on any atom is 0.337 e. The number of aryl methyl sites for hydroxylation is 1. The number of carbonyl (C=O) groups excluding carboxylic acids is 1. The molecule has 3 N–H and O–H groups in total. The average molecular weight is 799 g/mol. The number of fused-ring (bicyclic) bond motifs is 1. The summed E-state index contributed by atoms with van der Waals surface area (Å²) in [6, 6.07) is 9.00. The van der Waals surface area contributed by atoms with E-state index in [1.165, 1.54) is 72.7 Å². The van der Waals surface area contributed by atoms with Gasteiger partial charge in [-0.25, -0.2) is 46.3 Å². The fourth-order valence-corrected chi connectivity index (χ4v) is 7.38. The molecule has 19 heteroatoms. The Hall–Kier alpha value is -6.73. The highest BCUT2D eigenvalue weighted by Crippen LogP contribution is 2.27. The summed E-state index contributed by atoms with van der Waals surface area (Å²) in [5.74, 6) is -4.59. The highest BCUT2D eigenvalue weighted by Gasteiger charge is 2.26. The summed E-state index contributed by atoms with van der Waals surface area (Å²) in [6.07, 6.45) is 8.54. The molecule has 2 aromatic carbocycles. The number of ether oxygens (including phenoxy) is 1. The van der Waals surface area contributed by atoms with Crippen molar-refractivity contribution in [2.75, 3.05) is 17.9 Å². The zero-order chi connectivity index (χ0) is 40.4. The monoisotopic (exact) mass is 798 g/mol. The number of carboxylic acids is 1. The van der Waals surface area contributed by atoms with E-state index < -0.39 is 62.1 Å². The van der Waals surface area contributed by atoms with Crippen molar-refractivity contribution in [2.45, 2.75) is 36.1 Å². The van der Waals surface area contributed by atoms with Crippen molar-refractivity contribution in [3.8, 4) is 16.9 Å². The topological polar surface area (TPSA) is 217 Å². The van der Waals surface area contributed by atoms with Crippen LogP contribution in [0.25, 0.3) is 27.8 Å². The second kappa shape index (κ2) is 15.8. The first-order chi connectivity index (χ1) is 27.3. The van der Waals surface area contributed by atoms with Crippen LogP contribution in [0.15, 0.2) is 100 Å². The second-order valence-electron chi connectivity index (χ2n) is 13.1. The Labute approximate surface area is 321 Å². The van der Waals surface area contributed by atoms with Gasteiger partial charge in [0.1, 0.15) is 29.3 Å². The van der Waals surface area contributed by atoms with E-state index in [2.05, 4.69) is 25.3 Å². The van der Waals surface area contributed by atoms with Crippen LogP contribution in [-0.4, -0.2) is 73.7 Å². The molecule has 1 aliphatic heterocycles. The molecule has 7 rings (SSSR count). The van der Waals surface area contributed by atoms with Crippen LogP contribution in [0.5, 0.6) is 0 Å². The second-order valence-corrected chi connectivity index (χ2v) is 14.8. The van der Waals surface area contributed by atoms with Crippen molar-refractivity contribution in [3.05, 3.63) is 135 Å². The molecule has 0 spiro atoms. The first kappa shape index (κ1) is 38.5. The number of rotatable bonds is 11. The molecule has 1 saturated heterocycles. The minimum Gasteiger partial charge on any atom is -0.480 e. The number of nitrogens with one attached hydrogen (secondary N) is 2. The van der Waals surface area contributed by atoms with E-state index in [9.17, 15) is 32.7 Å². The Morgan fingerprint density at radius 3 is 2.32 bits per heavy atom. The van der Waals surface area contributed by atoms with Gasteiger partial charge in [-0.15, -0.1) is 0 Å². The van der Waals surface area contributed by atoms with E-state index in [-0.39, 0.29) is 34.0 Å². The Balaban J connectivity index is 1.02. The molecule has 6 aromatic rings. The van der Waals surface area contributed by atoms with Crippen molar-refractivity contribution in [1.29, 1.82) is 0 Å². The summed E-state index contributed by atoms with van der Waals surface area (Å²) in [4.78, 5) is 67.9. The molecule has 1 aliphatic rings. The number of amides is 1. The first-order valence-electron chi connectivity index (χ1n) is 17.4. The van der Waals surface area contributed by atoms with Gasteiger partial charge in [0.2, 0.25) is 0 Å². The number of aromatic nitrogens is 6. The van der Waals surface area contributed by atoms with Crippen LogP contribution < -0.4 is 21.3 Å². The lowest BCUT2D eigenvalue weighted by atomic mass is 9.99. The van der Waals surface area contributed by atoms with Crippen LogP contribution in [0.2, 0.25) is 0 Å². The zero-order valence-electron chi connectivity index (χ0n) is 29.9. The number of nitrogens with zero attached hydrogens (tertiary/aromatic N) is 6. The third kappa shape index (κ3) is 8.01. The van der Waals surface area contributed by atoms with Crippen LogP contribution in [0, 0.1) is 11.6 Å². The van der Waals surface area contributed by atoms with Gasteiger partial charge in [-0.05, 0) is 54.3 Å². The lowest BCUT2D eigenvalue weighted by molar-refractivity contribution is -0.139. The largest absolute Gasteiger partial charge is 0.480 e. The number of aliphatic carboxylic acids is 1. The Kier molecular flexibility index (Phi) is 10.7. The first-order valence-corrected chi connectivity index (χ1v) is 18.9. The van der Waals surface area contributed by atoms with E-state index in [0.29, 0.717) is 47.8 Å². The quantitative estimate of drug-likeness (QED) is 0.172. The van der Waals surface area contributed by atoms with Gasteiger partial charge in [0.25, 0.3) is 21.5 Å². The summed E-state index contributed by atoms with van der Waals surface area (Å²) < 4.78 is 66.1. The Morgan fingerprint density at radius 1 is 0.930 bits per heavy atom. The molecule has 5 heterocycles. The predicted octanol–water partition coefficient (Wildman–Crippen LogP) is 3.34. The predicted molar refractivity (Wildman–Crippen MR) is 200 cm³/mol. The molecule has 0 aliphatic carbocycles. The zero-order valence-corrected chi connectivity index (χ0v) is 30.7.